The Balaban J connectivity index is 2.47. The number of hydrogen-bond donors (Lipinski definition) is 1. The summed E-state index contributed by atoms with van der Waals surface area (Å²) in [5.41, 5.74) is 1.69. The van der Waals surface area contributed by atoms with E-state index in [0.29, 0.717) is 6.42 Å². The molecule has 0 aliphatic heterocycles. The molecule has 2 aromatic rings. The van der Waals surface area contributed by atoms with Crippen molar-refractivity contribution in [1.82, 2.24) is 14.6 Å². The third-order valence-electron chi connectivity index (χ3n) is 1.65. The first kappa shape index (κ1) is 7.24. The molecule has 0 unspecified atom stereocenters. The summed E-state index contributed by atoms with van der Waals surface area (Å²) in [7, 11) is 0. The first-order valence-corrected chi connectivity index (χ1v) is 3.80. The average Bonchev–Trinajstić information content (AvgIpc) is 2.47. The standard InChI is InChI=1S/C8H9N3O/c12-5-3-7-6-11-8(10-7)2-1-4-9-11/h1-2,4,6,12H,3,5H2. The third-order valence-corrected chi connectivity index (χ3v) is 1.65. The van der Waals surface area contributed by atoms with E-state index in [0.717, 1.165) is 11.3 Å². The van der Waals surface area contributed by atoms with Gasteiger partial charge in [0.15, 0.2) is 5.65 Å². The molecule has 2 aromatic heterocycles. The van der Waals surface area contributed by atoms with E-state index in [1.807, 2.05) is 18.3 Å². The largest absolute Gasteiger partial charge is 0.396 e. The van der Waals surface area contributed by atoms with Crippen LogP contribution in [-0.4, -0.2) is 26.3 Å². The normalized spacial score (nSPS) is 10.8. The van der Waals surface area contributed by atoms with Gasteiger partial charge in [-0.15, -0.1) is 0 Å². The quantitative estimate of drug-likeness (QED) is 0.691. The van der Waals surface area contributed by atoms with Crippen molar-refractivity contribution in [3.05, 3.63) is 30.2 Å². The number of aliphatic hydroxyl groups excluding tert-OH is 1. The Morgan fingerprint density at radius 1 is 1.50 bits per heavy atom. The molecule has 12 heavy (non-hydrogen) atoms. The molecule has 0 saturated heterocycles. The van der Waals surface area contributed by atoms with Gasteiger partial charge in [-0.25, -0.2) is 9.50 Å². The van der Waals surface area contributed by atoms with Crippen LogP contribution in [0.1, 0.15) is 5.69 Å². The minimum Gasteiger partial charge on any atom is -0.396 e. The zero-order valence-corrected chi connectivity index (χ0v) is 6.51. The molecule has 2 heterocycles. The summed E-state index contributed by atoms with van der Waals surface area (Å²) in [5.74, 6) is 0. The molecular weight excluding hydrogens is 154 g/mol. The van der Waals surface area contributed by atoms with Gasteiger partial charge in [-0.3, -0.25) is 0 Å². The SMILES string of the molecule is OCCc1cn2ncccc2n1. The lowest BCUT2D eigenvalue weighted by Gasteiger charge is -1.85. The molecule has 0 radical (unpaired) electrons. The molecule has 0 atom stereocenters. The van der Waals surface area contributed by atoms with E-state index in [4.69, 9.17) is 5.11 Å². The lowest BCUT2D eigenvalue weighted by Crippen LogP contribution is -1.89. The van der Waals surface area contributed by atoms with Crippen molar-refractivity contribution in [3.63, 3.8) is 0 Å². The Morgan fingerprint density at radius 2 is 2.42 bits per heavy atom. The fraction of sp³-hybridized carbons (Fsp3) is 0.250. The monoisotopic (exact) mass is 163 g/mol. The van der Waals surface area contributed by atoms with E-state index in [1.165, 1.54) is 0 Å². The van der Waals surface area contributed by atoms with Crippen molar-refractivity contribution in [2.75, 3.05) is 6.61 Å². The first-order chi connectivity index (χ1) is 5.90. The second-order valence-corrected chi connectivity index (χ2v) is 2.53. The van der Waals surface area contributed by atoms with Crippen molar-refractivity contribution < 1.29 is 5.11 Å². The highest BCUT2D eigenvalue weighted by atomic mass is 16.3. The van der Waals surface area contributed by atoms with Gasteiger partial charge >= 0.3 is 0 Å². The zero-order chi connectivity index (χ0) is 8.39. The topological polar surface area (TPSA) is 50.4 Å². The van der Waals surface area contributed by atoms with Crippen LogP contribution in [0.15, 0.2) is 24.5 Å². The summed E-state index contributed by atoms with van der Waals surface area (Å²) < 4.78 is 1.70. The smallest absolute Gasteiger partial charge is 0.153 e. The van der Waals surface area contributed by atoms with Gasteiger partial charge in [0.05, 0.1) is 11.9 Å². The van der Waals surface area contributed by atoms with Crippen molar-refractivity contribution in [3.8, 4) is 0 Å². The number of fused-ring (bicyclic) bond motifs is 1. The Bertz CT molecular complexity index is 349. The predicted octanol–water partition coefficient (Wildman–Crippen LogP) is 0.264. The Labute approximate surface area is 69.5 Å². The van der Waals surface area contributed by atoms with Crippen LogP contribution in [0.5, 0.6) is 0 Å². The van der Waals surface area contributed by atoms with Gasteiger partial charge in [-0.2, -0.15) is 5.10 Å². The molecule has 4 nitrogen and oxygen atoms in total. The number of rotatable bonds is 2. The highest BCUT2D eigenvalue weighted by Crippen LogP contribution is 2.02. The maximum absolute atomic E-state index is 8.68. The molecule has 0 aliphatic carbocycles. The fourth-order valence-corrected chi connectivity index (χ4v) is 1.12. The van der Waals surface area contributed by atoms with E-state index < -0.39 is 0 Å². The molecule has 0 aromatic carbocycles. The lowest BCUT2D eigenvalue weighted by molar-refractivity contribution is 0.298. The van der Waals surface area contributed by atoms with Gasteiger partial charge < -0.3 is 5.11 Å². The highest BCUT2D eigenvalue weighted by molar-refractivity contribution is 5.37. The number of hydrogen-bond acceptors (Lipinski definition) is 3. The van der Waals surface area contributed by atoms with E-state index in [9.17, 15) is 0 Å². The van der Waals surface area contributed by atoms with Crippen LogP contribution in [0, 0.1) is 0 Å². The van der Waals surface area contributed by atoms with Crippen LogP contribution in [0.3, 0.4) is 0 Å². The van der Waals surface area contributed by atoms with Crippen molar-refractivity contribution in [2.45, 2.75) is 6.42 Å². The van der Waals surface area contributed by atoms with E-state index in [1.54, 1.807) is 10.7 Å². The molecule has 0 bridgehead atoms. The molecule has 0 spiro atoms. The summed E-state index contributed by atoms with van der Waals surface area (Å²) in [5, 5.41) is 12.7. The van der Waals surface area contributed by atoms with Gasteiger partial charge in [-0.05, 0) is 12.1 Å². The summed E-state index contributed by atoms with van der Waals surface area (Å²) in [6.45, 7) is 0.129. The van der Waals surface area contributed by atoms with Crippen LogP contribution in [0.4, 0.5) is 0 Å². The predicted molar refractivity (Wildman–Crippen MR) is 43.8 cm³/mol. The second kappa shape index (κ2) is 2.91. The first-order valence-electron chi connectivity index (χ1n) is 3.80. The van der Waals surface area contributed by atoms with Gasteiger partial charge in [-0.1, -0.05) is 0 Å². The average molecular weight is 163 g/mol. The number of imidazole rings is 1. The molecule has 0 saturated carbocycles. The maximum atomic E-state index is 8.68. The molecule has 0 amide bonds. The molecular formula is C8H9N3O. The van der Waals surface area contributed by atoms with Gasteiger partial charge in [0, 0.05) is 19.2 Å². The van der Waals surface area contributed by atoms with E-state index in [2.05, 4.69) is 10.1 Å². The lowest BCUT2D eigenvalue weighted by atomic mass is 10.4. The summed E-state index contributed by atoms with van der Waals surface area (Å²) in [6, 6.07) is 3.72. The Hall–Kier alpha value is -1.42. The Morgan fingerprint density at radius 3 is 3.17 bits per heavy atom. The molecule has 0 fully saturated rings. The van der Waals surface area contributed by atoms with Gasteiger partial charge in [0.2, 0.25) is 0 Å². The van der Waals surface area contributed by atoms with Crippen LogP contribution in [0.25, 0.3) is 5.65 Å². The number of aromatic nitrogens is 3. The minimum absolute atomic E-state index is 0.129. The van der Waals surface area contributed by atoms with Crippen molar-refractivity contribution in [2.24, 2.45) is 0 Å². The van der Waals surface area contributed by atoms with E-state index in [-0.39, 0.29) is 6.61 Å². The molecule has 62 valence electrons. The number of nitrogens with zero attached hydrogens (tertiary/aromatic N) is 3. The van der Waals surface area contributed by atoms with Crippen molar-refractivity contribution in [1.29, 1.82) is 0 Å². The van der Waals surface area contributed by atoms with Gasteiger partial charge in [0.25, 0.3) is 0 Å². The van der Waals surface area contributed by atoms with Crippen LogP contribution >= 0.6 is 0 Å². The summed E-state index contributed by atoms with van der Waals surface area (Å²) >= 11 is 0. The molecule has 4 heteroatoms. The van der Waals surface area contributed by atoms with Crippen molar-refractivity contribution >= 4 is 5.65 Å². The van der Waals surface area contributed by atoms with E-state index >= 15 is 0 Å². The minimum atomic E-state index is 0.129. The zero-order valence-electron chi connectivity index (χ0n) is 6.51. The highest BCUT2D eigenvalue weighted by Gasteiger charge is 1.99. The maximum Gasteiger partial charge on any atom is 0.153 e. The number of aliphatic hydroxyl groups is 1. The summed E-state index contributed by atoms with van der Waals surface area (Å²) in [6.07, 6.45) is 4.12. The Kier molecular flexibility index (Phi) is 1.75. The molecule has 1 N–H and O–H groups in total. The fourth-order valence-electron chi connectivity index (χ4n) is 1.12. The molecule has 2 rings (SSSR count). The van der Waals surface area contributed by atoms with Crippen LogP contribution < -0.4 is 0 Å². The third kappa shape index (κ3) is 1.16. The second-order valence-electron chi connectivity index (χ2n) is 2.53. The van der Waals surface area contributed by atoms with Crippen LogP contribution in [0.2, 0.25) is 0 Å². The molecule has 0 aliphatic rings. The van der Waals surface area contributed by atoms with Crippen LogP contribution in [-0.2, 0) is 6.42 Å². The van der Waals surface area contributed by atoms with Gasteiger partial charge in [0.1, 0.15) is 0 Å². The summed E-state index contributed by atoms with van der Waals surface area (Å²) in [4.78, 5) is 4.24.